The van der Waals surface area contributed by atoms with Crippen molar-refractivity contribution in [3.63, 3.8) is 0 Å². The van der Waals surface area contributed by atoms with E-state index in [0.717, 1.165) is 31.4 Å². The summed E-state index contributed by atoms with van der Waals surface area (Å²) < 4.78 is 14.1. The van der Waals surface area contributed by atoms with Gasteiger partial charge in [0, 0.05) is 12.5 Å². The largest absolute Gasteiger partial charge is 0.311 e. The molecule has 0 bridgehead atoms. The minimum atomic E-state index is -0.897. The Morgan fingerprint density at radius 1 is 1.35 bits per heavy atom. The molecule has 1 aliphatic rings. The number of halogens is 3. The summed E-state index contributed by atoms with van der Waals surface area (Å²) in [6.07, 6.45) is 2.57. The number of hydrogen-bond acceptors (Lipinski definition) is 1. The maximum absolute atomic E-state index is 14.1. The van der Waals surface area contributed by atoms with Crippen molar-refractivity contribution in [2.45, 2.75) is 37.9 Å². The molecule has 0 aromatic heterocycles. The molecule has 1 aromatic carbocycles. The number of nitrogens with one attached hydrogen (secondary N) is 1. The Morgan fingerprint density at radius 3 is 2.88 bits per heavy atom. The van der Waals surface area contributed by atoms with Gasteiger partial charge < -0.3 is 5.32 Å². The molecule has 1 aromatic rings. The van der Waals surface area contributed by atoms with Crippen LogP contribution in [-0.2, 0) is 6.42 Å². The Hall–Kier alpha value is -0.310. The summed E-state index contributed by atoms with van der Waals surface area (Å²) in [5.41, 5.74) is 0.791. The summed E-state index contributed by atoms with van der Waals surface area (Å²) >= 11 is 12.0. The third-order valence-electron chi connectivity index (χ3n) is 3.23. The zero-order valence-corrected chi connectivity index (χ0v) is 11.1. The van der Waals surface area contributed by atoms with Gasteiger partial charge in [-0.1, -0.05) is 41.8 Å². The third kappa shape index (κ3) is 3.34. The van der Waals surface area contributed by atoms with E-state index in [1.807, 2.05) is 12.1 Å². The highest BCUT2D eigenvalue weighted by Gasteiger charge is 2.23. The van der Waals surface area contributed by atoms with Crippen LogP contribution in [0.5, 0.6) is 0 Å². The first-order valence-electron chi connectivity index (χ1n) is 5.99. The Bertz CT molecular complexity index is 378. The predicted molar refractivity (Wildman–Crippen MR) is 70.7 cm³/mol. The van der Waals surface area contributed by atoms with Gasteiger partial charge in [0.15, 0.2) is 0 Å². The lowest BCUT2D eigenvalue weighted by Crippen LogP contribution is -2.42. The molecule has 1 heterocycles. The molecule has 1 N–H and O–H groups in total. The highest BCUT2D eigenvalue weighted by atomic mass is 35.5. The molecular weight excluding hydrogens is 260 g/mol. The topological polar surface area (TPSA) is 12.0 Å². The van der Waals surface area contributed by atoms with E-state index in [0.29, 0.717) is 16.5 Å². The van der Waals surface area contributed by atoms with Crippen LogP contribution in [0.2, 0.25) is 10.0 Å². The van der Waals surface area contributed by atoms with Crippen molar-refractivity contribution in [3.05, 3.63) is 33.8 Å². The summed E-state index contributed by atoms with van der Waals surface area (Å²) in [5.74, 6) is 0. The predicted octanol–water partition coefficient (Wildman–Crippen LogP) is 4.02. The molecule has 1 saturated heterocycles. The van der Waals surface area contributed by atoms with Crippen molar-refractivity contribution in [3.8, 4) is 0 Å². The lowest BCUT2D eigenvalue weighted by atomic mass is 9.96. The van der Waals surface area contributed by atoms with Crippen molar-refractivity contribution in [1.82, 2.24) is 5.32 Å². The summed E-state index contributed by atoms with van der Waals surface area (Å²) in [4.78, 5) is 0. The lowest BCUT2D eigenvalue weighted by molar-refractivity contribution is 0.217. The quantitative estimate of drug-likeness (QED) is 0.879. The second kappa shape index (κ2) is 6.03. The van der Waals surface area contributed by atoms with Gasteiger partial charge in [0.25, 0.3) is 0 Å². The van der Waals surface area contributed by atoms with Crippen LogP contribution in [0.1, 0.15) is 24.8 Å². The molecule has 2 rings (SSSR count). The van der Waals surface area contributed by atoms with Gasteiger partial charge in [0.2, 0.25) is 0 Å². The van der Waals surface area contributed by atoms with E-state index in [1.54, 1.807) is 6.07 Å². The molecule has 1 aliphatic heterocycles. The Kier molecular flexibility index (Phi) is 4.66. The fourth-order valence-corrected chi connectivity index (χ4v) is 2.64. The summed E-state index contributed by atoms with van der Waals surface area (Å²) in [5, 5.41) is 4.19. The van der Waals surface area contributed by atoms with Crippen LogP contribution in [-0.4, -0.2) is 18.8 Å². The fraction of sp³-hybridized carbons (Fsp3) is 0.538. The van der Waals surface area contributed by atoms with Gasteiger partial charge in [-0.05, 0) is 31.0 Å². The average Bonchev–Trinajstić information content (AvgIpc) is 2.36. The molecule has 4 heteroatoms. The Balaban J connectivity index is 2.01. The van der Waals surface area contributed by atoms with Crippen LogP contribution in [0.15, 0.2) is 18.2 Å². The molecule has 1 fully saturated rings. The first kappa shape index (κ1) is 13.1. The lowest BCUT2D eigenvalue weighted by Gasteiger charge is -2.26. The first-order chi connectivity index (χ1) is 8.18. The SMILES string of the molecule is FC(Cc1cccc(Cl)c1Cl)C1CCCCN1. The van der Waals surface area contributed by atoms with Gasteiger partial charge in [-0.25, -0.2) is 4.39 Å². The van der Waals surface area contributed by atoms with E-state index >= 15 is 0 Å². The van der Waals surface area contributed by atoms with Crippen molar-refractivity contribution >= 4 is 23.2 Å². The minimum absolute atomic E-state index is 0.0428. The van der Waals surface area contributed by atoms with Crippen LogP contribution in [0.25, 0.3) is 0 Å². The standard InChI is InChI=1S/C13H16Cl2FN/c14-10-5-3-4-9(13(10)15)8-11(16)12-6-1-2-7-17-12/h3-5,11-12,17H,1-2,6-8H2. The van der Waals surface area contributed by atoms with E-state index in [9.17, 15) is 4.39 Å². The van der Waals surface area contributed by atoms with Crippen LogP contribution < -0.4 is 5.32 Å². The van der Waals surface area contributed by atoms with Crippen LogP contribution >= 0.6 is 23.2 Å². The molecule has 0 radical (unpaired) electrons. The van der Waals surface area contributed by atoms with Gasteiger partial charge in [-0.3, -0.25) is 0 Å². The number of hydrogen-bond donors (Lipinski definition) is 1. The smallest absolute Gasteiger partial charge is 0.119 e. The van der Waals surface area contributed by atoms with Crippen molar-refractivity contribution in [1.29, 1.82) is 0 Å². The van der Waals surface area contributed by atoms with E-state index in [2.05, 4.69) is 5.32 Å². The normalized spacial score (nSPS) is 22.4. The molecule has 94 valence electrons. The molecule has 0 amide bonds. The van der Waals surface area contributed by atoms with Gasteiger partial charge in [-0.2, -0.15) is 0 Å². The monoisotopic (exact) mass is 275 g/mol. The van der Waals surface area contributed by atoms with Crippen LogP contribution in [0, 0.1) is 0 Å². The summed E-state index contributed by atoms with van der Waals surface area (Å²) in [6, 6.07) is 5.33. The van der Waals surface area contributed by atoms with Gasteiger partial charge >= 0.3 is 0 Å². The van der Waals surface area contributed by atoms with E-state index in [-0.39, 0.29) is 6.04 Å². The van der Waals surface area contributed by atoms with E-state index in [4.69, 9.17) is 23.2 Å². The second-order valence-electron chi connectivity index (χ2n) is 4.49. The molecule has 0 spiro atoms. The second-order valence-corrected chi connectivity index (χ2v) is 5.27. The maximum Gasteiger partial charge on any atom is 0.119 e. The van der Waals surface area contributed by atoms with Gasteiger partial charge in [-0.15, -0.1) is 0 Å². The Labute approximate surface area is 111 Å². The first-order valence-corrected chi connectivity index (χ1v) is 6.74. The molecular formula is C13H16Cl2FN. The van der Waals surface area contributed by atoms with Crippen LogP contribution in [0.4, 0.5) is 4.39 Å². The molecule has 2 unspecified atom stereocenters. The zero-order chi connectivity index (χ0) is 12.3. The highest BCUT2D eigenvalue weighted by molar-refractivity contribution is 6.42. The summed E-state index contributed by atoms with van der Waals surface area (Å²) in [7, 11) is 0. The highest BCUT2D eigenvalue weighted by Crippen LogP contribution is 2.28. The minimum Gasteiger partial charge on any atom is -0.311 e. The number of piperidine rings is 1. The van der Waals surface area contributed by atoms with Gasteiger partial charge in [0.05, 0.1) is 10.0 Å². The van der Waals surface area contributed by atoms with Gasteiger partial charge in [0.1, 0.15) is 6.17 Å². The summed E-state index contributed by atoms with van der Waals surface area (Å²) in [6.45, 7) is 0.911. The van der Waals surface area contributed by atoms with Crippen molar-refractivity contribution < 1.29 is 4.39 Å². The molecule has 17 heavy (non-hydrogen) atoms. The van der Waals surface area contributed by atoms with E-state index in [1.165, 1.54) is 0 Å². The third-order valence-corrected chi connectivity index (χ3v) is 4.09. The Morgan fingerprint density at radius 2 is 2.18 bits per heavy atom. The van der Waals surface area contributed by atoms with E-state index < -0.39 is 6.17 Å². The molecule has 2 atom stereocenters. The average molecular weight is 276 g/mol. The molecule has 1 nitrogen and oxygen atoms in total. The molecule has 0 saturated carbocycles. The zero-order valence-electron chi connectivity index (χ0n) is 9.56. The molecule has 0 aliphatic carbocycles. The number of alkyl halides is 1. The number of rotatable bonds is 3. The number of benzene rings is 1. The van der Waals surface area contributed by atoms with Crippen molar-refractivity contribution in [2.24, 2.45) is 0 Å². The maximum atomic E-state index is 14.1. The fourth-order valence-electron chi connectivity index (χ4n) is 2.25. The van der Waals surface area contributed by atoms with Crippen molar-refractivity contribution in [2.75, 3.05) is 6.54 Å². The van der Waals surface area contributed by atoms with Crippen LogP contribution in [0.3, 0.4) is 0 Å².